The molecule has 0 unspecified atom stereocenters. The Balaban J connectivity index is 1.81. The van der Waals surface area contributed by atoms with Crippen LogP contribution in [0.2, 0.25) is 0 Å². The second-order valence-electron chi connectivity index (χ2n) is 6.64. The maximum Gasteiger partial charge on any atom is 0.310 e. The SMILES string of the molecule is CC(C)(C)c1cnc(C(=O)N2CCCn3nc(N)cc3C2)o1. The first-order valence-corrected chi connectivity index (χ1v) is 7.42. The molecule has 2 N–H and O–H groups in total. The Hall–Kier alpha value is -2.31. The van der Waals surface area contributed by atoms with Gasteiger partial charge in [0, 0.05) is 24.6 Å². The lowest BCUT2D eigenvalue weighted by Gasteiger charge is -2.18. The number of amides is 1. The van der Waals surface area contributed by atoms with Crippen LogP contribution in [0.3, 0.4) is 0 Å². The van der Waals surface area contributed by atoms with Crippen LogP contribution in [-0.4, -0.2) is 32.1 Å². The van der Waals surface area contributed by atoms with Crippen LogP contribution < -0.4 is 5.73 Å². The quantitative estimate of drug-likeness (QED) is 0.867. The Labute approximate surface area is 129 Å². The van der Waals surface area contributed by atoms with Crippen LogP contribution in [-0.2, 0) is 18.5 Å². The molecule has 1 aliphatic rings. The van der Waals surface area contributed by atoms with Crippen molar-refractivity contribution in [1.29, 1.82) is 0 Å². The molecule has 0 aromatic carbocycles. The number of aryl methyl sites for hydroxylation is 1. The van der Waals surface area contributed by atoms with Crippen molar-refractivity contribution in [2.45, 2.75) is 45.7 Å². The zero-order valence-corrected chi connectivity index (χ0v) is 13.2. The van der Waals surface area contributed by atoms with Crippen molar-refractivity contribution in [2.24, 2.45) is 0 Å². The lowest BCUT2D eigenvalue weighted by atomic mass is 9.94. The van der Waals surface area contributed by atoms with Crippen molar-refractivity contribution in [2.75, 3.05) is 12.3 Å². The minimum absolute atomic E-state index is 0.144. The zero-order chi connectivity index (χ0) is 15.9. The van der Waals surface area contributed by atoms with Gasteiger partial charge in [0.15, 0.2) is 0 Å². The van der Waals surface area contributed by atoms with Crippen molar-refractivity contribution >= 4 is 11.7 Å². The van der Waals surface area contributed by atoms with Gasteiger partial charge in [-0.2, -0.15) is 5.10 Å². The summed E-state index contributed by atoms with van der Waals surface area (Å²) >= 11 is 0. The Morgan fingerprint density at radius 1 is 1.36 bits per heavy atom. The lowest BCUT2D eigenvalue weighted by Crippen LogP contribution is -2.31. The van der Waals surface area contributed by atoms with Crippen LogP contribution in [0.5, 0.6) is 0 Å². The molecule has 0 atom stereocenters. The van der Waals surface area contributed by atoms with Gasteiger partial charge in [-0.3, -0.25) is 9.48 Å². The Kier molecular flexibility index (Phi) is 3.42. The van der Waals surface area contributed by atoms with E-state index in [1.807, 2.05) is 31.5 Å². The van der Waals surface area contributed by atoms with Crippen LogP contribution >= 0.6 is 0 Å². The second-order valence-corrected chi connectivity index (χ2v) is 6.64. The number of nitrogen functional groups attached to an aromatic ring is 1. The number of rotatable bonds is 1. The van der Waals surface area contributed by atoms with Crippen LogP contribution in [0.25, 0.3) is 0 Å². The van der Waals surface area contributed by atoms with Gasteiger partial charge in [0.2, 0.25) is 0 Å². The molecule has 118 valence electrons. The molecule has 0 fully saturated rings. The fraction of sp³-hybridized carbons (Fsp3) is 0.533. The molecule has 0 saturated heterocycles. The predicted molar refractivity (Wildman–Crippen MR) is 81.2 cm³/mol. The molecule has 3 heterocycles. The smallest absolute Gasteiger partial charge is 0.310 e. The molecular formula is C15H21N5O2. The van der Waals surface area contributed by atoms with E-state index in [0.29, 0.717) is 24.7 Å². The highest BCUT2D eigenvalue weighted by atomic mass is 16.4. The highest BCUT2D eigenvalue weighted by Crippen LogP contribution is 2.24. The first kappa shape index (κ1) is 14.6. The number of nitrogens with zero attached hydrogens (tertiary/aromatic N) is 4. The molecule has 22 heavy (non-hydrogen) atoms. The van der Waals surface area contributed by atoms with E-state index in [1.54, 1.807) is 11.1 Å². The largest absolute Gasteiger partial charge is 0.437 e. The van der Waals surface area contributed by atoms with E-state index in [-0.39, 0.29) is 17.2 Å². The Bertz CT molecular complexity index is 695. The number of oxazole rings is 1. The highest BCUT2D eigenvalue weighted by molar-refractivity contribution is 5.89. The average molecular weight is 303 g/mol. The van der Waals surface area contributed by atoms with Crippen molar-refractivity contribution in [3.63, 3.8) is 0 Å². The molecule has 3 rings (SSSR count). The summed E-state index contributed by atoms with van der Waals surface area (Å²) in [4.78, 5) is 18.5. The van der Waals surface area contributed by atoms with Gasteiger partial charge in [-0.05, 0) is 6.42 Å². The summed E-state index contributed by atoms with van der Waals surface area (Å²) in [6, 6.07) is 1.81. The van der Waals surface area contributed by atoms with Crippen molar-refractivity contribution in [3.8, 4) is 0 Å². The molecule has 0 bridgehead atoms. The average Bonchev–Trinajstić information content (AvgIpc) is 3.00. The maximum absolute atomic E-state index is 12.6. The van der Waals surface area contributed by atoms with Crippen LogP contribution in [0.1, 0.15) is 49.3 Å². The van der Waals surface area contributed by atoms with Gasteiger partial charge in [-0.15, -0.1) is 0 Å². The molecule has 7 nitrogen and oxygen atoms in total. The molecular weight excluding hydrogens is 282 g/mol. The molecule has 2 aromatic heterocycles. The van der Waals surface area contributed by atoms with Crippen LogP contribution in [0.4, 0.5) is 5.82 Å². The summed E-state index contributed by atoms with van der Waals surface area (Å²) in [5.74, 6) is 1.14. The number of fused-ring (bicyclic) bond motifs is 1. The number of nitrogens with two attached hydrogens (primary N) is 1. The normalized spacial score (nSPS) is 15.5. The third-order valence-electron chi connectivity index (χ3n) is 3.75. The van der Waals surface area contributed by atoms with Crippen LogP contribution in [0.15, 0.2) is 16.7 Å². The predicted octanol–water partition coefficient (Wildman–Crippen LogP) is 1.80. The van der Waals surface area contributed by atoms with E-state index in [1.165, 1.54) is 0 Å². The standard InChI is InChI=1S/C15H21N5O2/c1-15(2,3)11-8-17-13(22-11)14(21)19-5-4-6-20-10(9-19)7-12(16)18-20/h7-8H,4-6,9H2,1-3H3,(H2,16,18). The molecule has 0 saturated carbocycles. The van der Waals surface area contributed by atoms with Gasteiger partial charge < -0.3 is 15.1 Å². The number of carbonyl (C=O) groups excluding carboxylic acids is 1. The van der Waals surface area contributed by atoms with Gasteiger partial charge >= 0.3 is 5.91 Å². The van der Waals surface area contributed by atoms with E-state index in [9.17, 15) is 4.79 Å². The molecule has 0 spiro atoms. The zero-order valence-electron chi connectivity index (χ0n) is 13.2. The summed E-state index contributed by atoms with van der Waals surface area (Å²) in [7, 11) is 0. The van der Waals surface area contributed by atoms with E-state index in [4.69, 9.17) is 10.2 Å². The summed E-state index contributed by atoms with van der Waals surface area (Å²) in [6.07, 6.45) is 2.46. The van der Waals surface area contributed by atoms with Crippen LogP contribution in [0, 0.1) is 0 Å². The van der Waals surface area contributed by atoms with E-state index in [2.05, 4.69) is 10.1 Å². The molecule has 2 aromatic rings. The van der Waals surface area contributed by atoms with Gasteiger partial charge in [-0.1, -0.05) is 20.8 Å². The molecule has 1 amide bonds. The molecule has 0 aliphatic carbocycles. The number of anilines is 1. The molecule has 0 radical (unpaired) electrons. The van der Waals surface area contributed by atoms with Gasteiger partial charge in [0.25, 0.3) is 5.89 Å². The number of aromatic nitrogens is 3. The monoisotopic (exact) mass is 303 g/mol. The summed E-state index contributed by atoms with van der Waals surface area (Å²) in [5, 5.41) is 4.23. The van der Waals surface area contributed by atoms with E-state index < -0.39 is 0 Å². The fourth-order valence-electron chi connectivity index (χ4n) is 2.51. The number of hydrogen-bond acceptors (Lipinski definition) is 5. The fourth-order valence-corrected chi connectivity index (χ4v) is 2.51. The van der Waals surface area contributed by atoms with Gasteiger partial charge in [0.05, 0.1) is 18.4 Å². The second kappa shape index (κ2) is 5.15. The number of hydrogen-bond donors (Lipinski definition) is 1. The minimum Gasteiger partial charge on any atom is -0.437 e. The minimum atomic E-state index is -0.191. The highest BCUT2D eigenvalue weighted by Gasteiger charge is 2.27. The Morgan fingerprint density at radius 2 is 2.14 bits per heavy atom. The van der Waals surface area contributed by atoms with E-state index in [0.717, 1.165) is 18.7 Å². The maximum atomic E-state index is 12.6. The third-order valence-corrected chi connectivity index (χ3v) is 3.75. The van der Waals surface area contributed by atoms with E-state index >= 15 is 0 Å². The van der Waals surface area contributed by atoms with Gasteiger partial charge in [0.1, 0.15) is 11.6 Å². The summed E-state index contributed by atoms with van der Waals surface area (Å²) < 4.78 is 7.51. The first-order chi connectivity index (χ1) is 10.3. The summed E-state index contributed by atoms with van der Waals surface area (Å²) in [5.41, 5.74) is 6.49. The summed E-state index contributed by atoms with van der Waals surface area (Å²) in [6.45, 7) is 7.94. The molecule has 1 aliphatic heterocycles. The van der Waals surface area contributed by atoms with Crippen molar-refractivity contribution < 1.29 is 9.21 Å². The lowest BCUT2D eigenvalue weighted by molar-refractivity contribution is 0.0702. The van der Waals surface area contributed by atoms with Crippen molar-refractivity contribution in [1.82, 2.24) is 19.7 Å². The first-order valence-electron chi connectivity index (χ1n) is 7.42. The van der Waals surface area contributed by atoms with Crippen molar-refractivity contribution in [3.05, 3.63) is 29.6 Å². The van der Waals surface area contributed by atoms with Gasteiger partial charge in [-0.25, -0.2) is 4.98 Å². The third kappa shape index (κ3) is 2.70. The number of carbonyl (C=O) groups is 1. The topological polar surface area (TPSA) is 90.2 Å². The molecule has 7 heteroatoms. The Morgan fingerprint density at radius 3 is 2.82 bits per heavy atom.